The van der Waals surface area contributed by atoms with Crippen molar-refractivity contribution in [3.63, 3.8) is 0 Å². The molecule has 142 valence electrons. The first-order chi connectivity index (χ1) is 12.9. The van der Waals surface area contributed by atoms with Crippen molar-refractivity contribution < 1.29 is 27.9 Å². The van der Waals surface area contributed by atoms with E-state index in [2.05, 4.69) is 15.4 Å². The van der Waals surface area contributed by atoms with E-state index in [9.17, 15) is 23.2 Å². The van der Waals surface area contributed by atoms with Gasteiger partial charge in [-0.15, -0.1) is 0 Å². The molecule has 8 heteroatoms. The third-order valence-electron chi connectivity index (χ3n) is 3.61. The van der Waals surface area contributed by atoms with Gasteiger partial charge in [-0.1, -0.05) is 30.3 Å². The first-order valence-corrected chi connectivity index (χ1v) is 8.03. The zero-order chi connectivity index (χ0) is 19.8. The third kappa shape index (κ3) is 6.18. The van der Waals surface area contributed by atoms with Gasteiger partial charge in [-0.25, -0.2) is 13.6 Å². The number of carbonyl (C=O) groups excluding carboxylic acids is 3. The van der Waals surface area contributed by atoms with Crippen molar-refractivity contribution in [1.82, 2.24) is 10.6 Å². The third-order valence-corrected chi connectivity index (χ3v) is 3.61. The number of rotatable bonds is 7. The molecule has 2 rings (SSSR count). The van der Waals surface area contributed by atoms with Crippen LogP contribution in [0.3, 0.4) is 0 Å². The molecule has 0 aromatic heterocycles. The lowest BCUT2D eigenvalue weighted by Gasteiger charge is -2.17. The molecule has 0 aliphatic rings. The van der Waals surface area contributed by atoms with Gasteiger partial charge in [0.15, 0.2) is 6.04 Å². The van der Waals surface area contributed by atoms with Crippen LogP contribution in [0.25, 0.3) is 0 Å². The van der Waals surface area contributed by atoms with Crippen molar-refractivity contribution in [2.45, 2.75) is 12.5 Å². The largest absolute Gasteiger partial charge is 0.467 e. The summed E-state index contributed by atoms with van der Waals surface area (Å²) in [5, 5.41) is 4.81. The molecule has 0 radical (unpaired) electrons. The summed E-state index contributed by atoms with van der Waals surface area (Å²) < 4.78 is 30.9. The summed E-state index contributed by atoms with van der Waals surface area (Å²) in [6, 6.07) is 10.2. The number of benzene rings is 2. The van der Waals surface area contributed by atoms with Gasteiger partial charge in [0.25, 0.3) is 0 Å². The van der Waals surface area contributed by atoms with Crippen LogP contribution in [0, 0.1) is 11.6 Å². The second-order valence-electron chi connectivity index (χ2n) is 5.67. The van der Waals surface area contributed by atoms with Gasteiger partial charge in [-0.2, -0.15) is 0 Å². The molecule has 0 heterocycles. The molecule has 2 aromatic rings. The second-order valence-corrected chi connectivity index (χ2v) is 5.67. The minimum Gasteiger partial charge on any atom is -0.467 e. The maximum Gasteiger partial charge on any atom is 0.333 e. The Kier molecular flexibility index (Phi) is 6.99. The van der Waals surface area contributed by atoms with E-state index in [-0.39, 0.29) is 12.0 Å². The molecule has 0 bridgehead atoms. The fourth-order valence-electron chi connectivity index (χ4n) is 2.39. The summed E-state index contributed by atoms with van der Waals surface area (Å²) in [6.45, 7) is -0.406. The van der Waals surface area contributed by atoms with Gasteiger partial charge >= 0.3 is 5.97 Å². The number of carbonyl (C=O) groups is 3. The Balaban J connectivity index is 1.91. The molecule has 1 atom stereocenters. The molecule has 0 aliphatic heterocycles. The first-order valence-electron chi connectivity index (χ1n) is 8.03. The molecule has 0 spiro atoms. The second kappa shape index (κ2) is 9.42. The molecule has 0 aliphatic carbocycles. The van der Waals surface area contributed by atoms with Crippen molar-refractivity contribution in [3.8, 4) is 0 Å². The fraction of sp³-hybridized carbons (Fsp3) is 0.211. The number of nitrogens with one attached hydrogen (secondary N) is 2. The first kappa shape index (κ1) is 20.0. The van der Waals surface area contributed by atoms with Gasteiger partial charge in [0, 0.05) is 6.07 Å². The normalized spacial score (nSPS) is 11.4. The highest BCUT2D eigenvalue weighted by Gasteiger charge is 2.23. The molecule has 2 N–H and O–H groups in total. The highest BCUT2D eigenvalue weighted by molar-refractivity contribution is 5.89. The highest BCUT2D eigenvalue weighted by Crippen LogP contribution is 2.14. The van der Waals surface area contributed by atoms with Crippen LogP contribution in [0.2, 0.25) is 0 Å². The van der Waals surface area contributed by atoms with E-state index in [4.69, 9.17) is 0 Å². The number of hydrogen-bond acceptors (Lipinski definition) is 4. The van der Waals surface area contributed by atoms with Crippen molar-refractivity contribution in [1.29, 1.82) is 0 Å². The number of methoxy groups -OCH3 is 1. The SMILES string of the molecule is COC(=O)[C@@H](NC(=O)CNC(=O)Cc1cc(F)cc(F)c1)c1ccccc1. The van der Waals surface area contributed by atoms with E-state index in [1.165, 1.54) is 7.11 Å². The zero-order valence-corrected chi connectivity index (χ0v) is 14.5. The van der Waals surface area contributed by atoms with Crippen LogP contribution >= 0.6 is 0 Å². The van der Waals surface area contributed by atoms with Crippen molar-refractivity contribution in [3.05, 3.63) is 71.3 Å². The van der Waals surface area contributed by atoms with E-state index < -0.39 is 42.0 Å². The molecule has 0 fully saturated rings. The van der Waals surface area contributed by atoms with Gasteiger partial charge in [0.05, 0.1) is 20.1 Å². The number of halogens is 2. The van der Waals surface area contributed by atoms with Crippen molar-refractivity contribution >= 4 is 17.8 Å². The van der Waals surface area contributed by atoms with E-state index >= 15 is 0 Å². The molecule has 0 saturated carbocycles. The highest BCUT2D eigenvalue weighted by atomic mass is 19.1. The van der Waals surface area contributed by atoms with Crippen LogP contribution in [0.1, 0.15) is 17.2 Å². The summed E-state index contributed by atoms with van der Waals surface area (Å²) in [4.78, 5) is 35.8. The van der Waals surface area contributed by atoms with Crippen LogP contribution in [0.15, 0.2) is 48.5 Å². The maximum atomic E-state index is 13.1. The topological polar surface area (TPSA) is 84.5 Å². The summed E-state index contributed by atoms with van der Waals surface area (Å²) in [7, 11) is 1.20. The standard InChI is InChI=1S/C19H18F2N2O4/c1-27-19(26)18(13-5-3-2-4-6-13)23-17(25)11-22-16(24)9-12-7-14(20)10-15(21)8-12/h2-8,10,18H,9,11H2,1H3,(H,22,24)(H,23,25)/t18-/m0/s1. The number of ether oxygens (including phenoxy) is 1. The predicted octanol–water partition coefficient (Wildman–Crippen LogP) is 1.65. The molecule has 27 heavy (non-hydrogen) atoms. The Hall–Kier alpha value is -3.29. The van der Waals surface area contributed by atoms with Gasteiger partial charge < -0.3 is 15.4 Å². The number of amides is 2. The summed E-state index contributed by atoms with van der Waals surface area (Å²) in [5.74, 6) is -3.45. The molecule has 2 amide bonds. The lowest BCUT2D eigenvalue weighted by atomic mass is 10.1. The van der Waals surface area contributed by atoms with Crippen LogP contribution in [-0.2, 0) is 25.5 Å². The molecule has 2 aromatic carbocycles. The summed E-state index contributed by atoms with van der Waals surface area (Å²) in [6.07, 6.45) is -0.291. The Bertz CT molecular complexity index is 807. The lowest BCUT2D eigenvalue weighted by Crippen LogP contribution is -2.41. The van der Waals surface area contributed by atoms with Crippen LogP contribution in [0.5, 0.6) is 0 Å². The molecular weight excluding hydrogens is 358 g/mol. The predicted molar refractivity (Wildman–Crippen MR) is 92.4 cm³/mol. The summed E-state index contributed by atoms with van der Waals surface area (Å²) >= 11 is 0. The minimum absolute atomic E-state index is 0.141. The van der Waals surface area contributed by atoms with Gasteiger partial charge in [-0.05, 0) is 23.3 Å². The average Bonchev–Trinajstić information content (AvgIpc) is 2.63. The Morgan fingerprint density at radius 2 is 1.63 bits per heavy atom. The van der Waals surface area contributed by atoms with Gasteiger partial charge in [-0.3, -0.25) is 9.59 Å². The summed E-state index contributed by atoms with van der Waals surface area (Å²) in [5.41, 5.74) is 0.668. The minimum atomic E-state index is -1.02. The molecule has 6 nitrogen and oxygen atoms in total. The van der Waals surface area contributed by atoms with Crippen molar-refractivity contribution in [2.24, 2.45) is 0 Å². The van der Waals surface area contributed by atoms with E-state index in [0.29, 0.717) is 11.6 Å². The monoisotopic (exact) mass is 376 g/mol. The maximum absolute atomic E-state index is 13.1. The number of esters is 1. The Morgan fingerprint density at radius 3 is 2.22 bits per heavy atom. The van der Waals surface area contributed by atoms with Gasteiger partial charge in [0.1, 0.15) is 11.6 Å². The van der Waals surface area contributed by atoms with Crippen LogP contribution < -0.4 is 10.6 Å². The van der Waals surface area contributed by atoms with Gasteiger partial charge in [0.2, 0.25) is 11.8 Å². The molecular formula is C19H18F2N2O4. The smallest absolute Gasteiger partial charge is 0.333 e. The Labute approximate surface area is 154 Å². The lowest BCUT2D eigenvalue weighted by molar-refractivity contribution is -0.145. The van der Waals surface area contributed by atoms with Crippen LogP contribution in [-0.4, -0.2) is 31.4 Å². The Morgan fingerprint density at radius 1 is 1.00 bits per heavy atom. The van der Waals surface area contributed by atoms with E-state index in [1.54, 1.807) is 30.3 Å². The fourth-order valence-corrected chi connectivity index (χ4v) is 2.39. The quantitative estimate of drug-likeness (QED) is 0.720. The molecule has 0 saturated heterocycles. The van der Waals surface area contributed by atoms with E-state index in [0.717, 1.165) is 12.1 Å². The van der Waals surface area contributed by atoms with E-state index in [1.807, 2.05) is 0 Å². The average molecular weight is 376 g/mol. The number of hydrogen-bond donors (Lipinski definition) is 2. The zero-order valence-electron chi connectivity index (χ0n) is 14.5. The van der Waals surface area contributed by atoms with Crippen molar-refractivity contribution in [2.75, 3.05) is 13.7 Å². The molecule has 0 unspecified atom stereocenters. The van der Waals surface area contributed by atoms with Crippen LogP contribution in [0.4, 0.5) is 8.78 Å².